The maximum absolute atomic E-state index is 12.4. The van der Waals surface area contributed by atoms with Crippen LogP contribution in [0.15, 0.2) is 61.1 Å². The Labute approximate surface area is 224 Å². The topological polar surface area (TPSA) is 96.8 Å². The van der Waals surface area contributed by atoms with E-state index in [1.807, 2.05) is 29.0 Å². The second-order valence-electron chi connectivity index (χ2n) is 7.19. The molecule has 3 N–H and O–H groups in total. The van der Waals surface area contributed by atoms with Crippen LogP contribution >= 0.6 is 34.8 Å². The van der Waals surface area contributed by atoms with E-state index in [9.17, 15) is 4.79 Å². The Morgan fingerprint density at radius 3 is 2.39 bits per heavy atom. The minimum absolute atomic E-state index is 0.282. The molecule has 2 aromatic carbocycles. The first-order valence-corrected chi connectivity index (χ1v) is 11.8. The Morgan fingerprint density at radius 2 is 1.67 bits per heavy atom. The molecule has 0 unspecified atom stereocenters. The molecule has 4 rings (SSSR count). The normalized spacial score (nSPS) is 10.2. The number of benzene rings is 2. The third-order valence-electron chi connectivity index (χ3n) is 4.72. The van der Waals surface area contributed by atoms with Gasteiger partial charge in [0.05, 0.1) is 20.8 Å². The van der Waals surface area contributed by atoms with Crippen LogP contribution in [0.3, 0.4) is 0 Å². The summed E-state index contributed by atoms with van der Waals surface area (Å²) < 4.78 is 1.88. The zero-order chi connectivity index (χ0) is 26.1. The molecule has 0 bridgehead atoms. The molecule has 2 aromatic heterocycles. The van der Waals surface area contributed by atoms with E-state index in [-0.39, 0.29) is 10.0 Å². The number of imidazole rings is 1. The fraction of sp³-hybridized carbons (Fsp3) is 0.120. The lowest BCUT2D eigenvalue weighted by molar-refractivity contribution is 0.262. The predicted molar refractivity (Wildman–Crippen MR) is 147 cm³/mol. The number of urea groups is 1. The molecule has 0 atom stereocenters. The summed E-state index contributed by atoms with van der Waals surface area (Å²) in [6, 6.07) is 11.6. The van der Waals surface area contributed by atoms with Crippen LogP contribution in [0.5, 0.6) is 0 Å². The molecule has 36 heavy (non-hydrogen) atoms. The standard InChI is InChI=1S/C23H20Cl3N7O.C2H2/c1-2-8-28-22-29-9-7-20(32-22)33-11-10-27-21(33)14-3-5-15(6-4-14)30-23(34)31-19-13-17(25)16(24)12-18(19)26;1-2/h3-7,9-13H,2,8H2,1H3,(H,28,29,32)(H2,30,31,34);1-2H. The van der Waals surface area contributed by atoms with Crippen molar-refractivity contribution >= 4 is 58.2 Å². The van der Waals surface area contributed by atoms with Crippen LogP contribution in [-0.2, 0) is 0 Å². The number of terminal acetylenes is 1. The van der Waals surface area contributed by atoms with Gasteiger partial charge in [-0.1, -0.05) is 41.7 Å². The minimum Gasteiger partial charge on any atom is -0.354 e. The van der Waals surface area contributed by atoms with Crippen molar-refractivity contribution in [3.8, 4) is 30.1 Å². The molecule has 0 saturated heterocycles. The lowest BCUT2D eigenvalue weighted by atomic mass is 10.2. The Hall–Kier alpha value is -3.77. The third-order valence-corrected chi connectivity index (χ3v) is 5.76. The van der Waals surface area contributed by atoms with Crippen LogP contribution in [0, 0.1) is 12.8 Å². The van der Waals surface area contributed by atoms with Crippen LogP contribution in [-0.4, -0.2) is 32.1 Å². The summed E-state index contributed by atoms with van der Waals surface area (Å²) in [6.07, 6.45) is 14.2. The first-order valence-electron chi connectivity index (χ1n) is 10.7. The molecule has 0 radical (unpaired) electrons. The largest absolute Gasteiger partial charge is 0.354 e. The second-order valence-corrected chi connectivity index (χ2v) is 8.41. The second kappa shape index (κ2) is 12.8. The zero-order valence-corrected chi connectivity index (χ0v) is 21.4. The van der Waals surface area contributed by atoms with Crippen LogP contribution in [0.4, 0.5) is 22.1 Å². The van der Waals surface area contributed by atoms with Gasteiger partial charge in [-0.3, -0.25) is 4.57 Å². The maximum atomic E-state index is 12.4. The highest BCUT2D eigenvalue weighted by atomic mass is 35.5. The van der Waals surface area contributed by atoms with Gasteiger partial charge in [0, 0.05) is 36.4 Å². The van der Waals surface area contributed by atoms with Gasteiger partial charge >= 0.3 is 6.03 Å². The number of aromatic nitrogens is 4. The number of carbonyl (C=O) groups is 1. The highest BCUT2D eigenvalue weighted by molar-refractivity contribution is 6.44. The number of amides is 2. The molecule has 4 aromatic rings. The summed E-state index contributed by atoms with van der Waals surface area (Å²) in [7, 11) is 0. The van der Waals surface area contributed by atoms with Crippen LogP contribution in [0.1, 0.15) is 13.3 Å². The van der Waals surface area contributed by atoms with E-state index in [0.717, 1.165) is 18.5 Å². The van der Waals surface area contributed by atoms with E-state index in [4.69, 9.17) is 34.8 Å². The molecule has 0 spiro atoms. The van der Waals surface area contributed by atoms with E-state index in [1.165, 1.54) is 12.1 Å². The summed E-state index contributed by atoms with van der Waals surface area (Å²) in [4.78, 5) is 25.7. The maximum Gasteiger partial charge on any atom is 0.323 e. The van der Waals surface area contributed by atoms with Crippen molar-refractivity contribution in [2.45, 2.75) is 13.3 Å². The average Bonchev–Trinajstić information content (AvgIpc) is 3.38. The number of rotatable bonds is 7. The Morgan fingerprint density at radius 1 is 0.944 bits per heavy atom. The molecule has 0 fully saturated rings. The fourth-order valence-corrected chi connectivity index (χ4v) is 3.71. The highest BCUT2D eigenvalue weighted by Crippen LogP contribution is 2.32. The smallest absolute Gasteiger partial charge is 0.323 e. The summed E-state index contributed by atoms with van der Waals surface area (Å²) in [5.74, 6) is 1.96. The van der Waals surface area contributed by atoms with Gasteiger partial charge in [-0.25, -0.2) is 14.8 Å². The molecule has 0 aliphatic rings. The Bertz CT molecular complexity index is 1350. The van der Waals surface area contributed by atoms with Crippen molar-refractivity contribution in [3.05, 3.63) is 76.1 Å². The van der Waals surface area contributed by atoms with Gasteiger partial charge in [-0.05, 0) is 48.9 Å². The van der Waals surface area contributed by atoms with E-state index in [1.54, 1.807) is 24.5 Å². The van der Waals surface area contributed by atoms with Gasteiger partial charge in [0.25, 0.3) is 0 Å². The SMILES string of the molecule is C#C.CCCNc1nccc(-n2ccnc2-c2ccc(NC(=O)Nc3cc(Cl)c(Cl)cc3Cl)cc2)n1. The summed E-state index contributed by atoms with van der Waals surface area (Å²) >= 11 is 18.0. The number of nitrogens with zero attached hydrogens (tertiary/aromatic N) is 4. The van der Waals surface area contributed by atoms with Crippen LogP contribution < -0.4 is 16.0 Å². The monoisotopic (exact) mass is 541 g/mol. The number of nitrogens with one attached hydrogen (secondary N) is 3. The average molecular weight is 543 g/mol. The van der Waals surface area contributed by atoms with Gasteiger partial charge in [0.1, 0.15) is 11.6 Å². The van der Waals surface area contributed by atoms with Gasteiger partial charge in [-0.2, -0.15) is 4.98 Å². The van der Waals surface area contributed by atoms with Crippen molar-refractivity contribution < 1.29 is 4.79 Å². The summed E-state index contributed by atoms with van der Waals surface area (Å²) in [6.45, 7) is 2.87. The van der Waals surface area contributed by atoms with Gasteiger partial charge in [0.2, 0.25) is 5.95 Å². The molecule has 184 valence electrons. The molecule has 2 heterocycles. The van der Waals surface area contributed by atoms with E-state index >= 15 is 0 Å². The van der Waals surface area contributed by atoms with Crippen LogP contribution in [0.25, 0.3) is 17.2 Å². The lowest BCUT2D eigenvalue weighted by Crippen LogP contribution is -2.19. The number of hydrogen-bond acceptors (Lipinski definition) is 5. The molecule has 8 nitrogen and oxygen atoms in total. The Kier molecular flexibility index (Phi) is 9.53. The molecule has 0 aliphatic carbocycles. The highest BCUT2D eigenvalue weighted by Gasteiger charge is 2.12. The number of carbonyl (C=O) groups excluding carboxylic acids is 1. The van der Waals surface area contributed by atoms with Crippen molar-refractivity contribution in [1.82, 2.24) is 19.5 Å². The van der Waals surface area contributed by atoms with E-state index < -0.39 is 6.03 Å². The zero-order valence-electron chi connectivity index (χ0n) is 19.2. The Balaban J connectivity index is 0.00000176. The van der Waals surface area contributed by atoms with E-state index in [2.05, 4.69) is 50.7 Å². The lowest BCUT2D eigenvalue weighted by Gasteiger charge is -2.11. The van der Waals surface area contributed by atoms with Gasteiger partial charge < -0.3 is 16.0 Å². The quantitative estimate of drug-likeness (QED) is 0.172. The van der Waals surface area contributed by atoms with Gasteiger partial charge in [-0.15, -0.1) is 12.8 Å². The predicted octanol–water partition coefficient (Wildman–Crippen LogP) is 7.00. The first-order chi connectivity index (χ1) is 17.4. The van der Waals surface area contributed by atoms with Gasteiger partial charge in [0.15, 0.2) is 0 Å². The number of halogens is 3. The van der Waals surface area contributed by atoms with Crippen molar-refractivity contribution in [3.63, 3.8) is 0 Å². The van der Waals surface area contributed by atoms with Crippen LogP contribution in [0.2, 0.25) is 15.1 Å². The first kappa shape index (κ1) is 26.8. The van der Waals surface area contributed by atoms with Crippen molar-refractivity contribution in [2.75, 3.05) is 22.5 Å². The van der Waals surface area contributed by atoms with E-state index in [0.29, 0.717) is 34.0 Å². The molecule has 11 heteroatoms. The number of anilines is 3. The van der Waals surface area contributed by atoms with Crippen molar-refractivity contribution in [1.29, 1.82) is 0 Å². The molecule has 0 saturated carbocycles. The summed E-state index contributed by atoms with van der Waals surface area (Å²) in [5, 5.41) is 9.48. The third kappa shape index (κ3) is 6.67. The molecule has 0 aliphatic heterocycles. The fourth-order valence-electron chi connectivity index (χ4n) is 3.11. The van der Waals surface area contributed by atoms with Crippen molar-refractivity contribution in [2.24, 2.45) is 0 Å². The molecular weight excluding hydrogens is 521 g/mol. The number of hydrogen-bond donors (Lipinski definition) is 3. The molecule has 2 amide bonds. The molecular formula is C25H22Cl3N7O. The minimum atomic E-state index is -0.470. The summed E-state index contributed by atoms with van der Waals surface area (Å²) in [5.41, 5.74) is 1.79.